The Kier molecular flexibility index (Phi) is 4.32. The molecule has 0 aromatic heterocycles. The predicted octanol–water partition coefficient (Wildman–Crippen LogP) is 3.58. The molecule has 2 rings (SSSR count). The Labute approximate surface area is 119 Å². The Morgan fingerprint density at radius 1 is 1.11 bits per heavy atom. The van der Waals surface area contributed by atoms with E-state index in [1.165, 1.54) is 38.5 Å². The van der Waals surface area contributed by atoms with Gasteiger partial charge in [0, 0.05) is 6.42 Å². The summed E-state index contributed by atoms with van der Waals surface area (Å²) >= 11 is 0. The van der Waals surface area contributed by atoms with Crippen LogP contribution < -0.4 is 0 Å². The van der Waals surface area contributed by atoms with Crippen molar-refractivity contribution in [2.24, 2.45) is 11.8 Å². The number of quaternary nitrogens is 1. The van der Waals surface area contributed by atoms with Gasteiger partial charge in [0.15, 0.2) is 0 Å². The fourth-order valence-electron chi connectivity index (χ4n) is 4.72. The molecule has 0 saturated heterocycles. The molecular weight excluding hydrogens is 234 g/mol. The van der Waals surface area contributed by atoms with Gasteiger partial charge in [-0.25, -0.2) is 0 Å². The fraction of sp³-hybridized carbons (Fsp3) is 1.00. The van der Waals surface area contributed by atoms with E-state index in [0.29, 0.717) is 6.04 Å². The molecule has 0 radical (unpaired) electrons. The molecule has 0 aliphatic heterocycles. The molecule has 3 unspecified atom stereocenters. The number of rotatable bonds is 3. The van der Waals surface area contributed by atoms with Gasteiger partial charge in [0.2, 0.25) is 0 Å². The molecule has 0 amide bonds. The maximum atomic E-state index is 10.9. The summed E-state index contributed by atoms with van der Waals surface area (Å²) in [6.45, 7) is 6.78. The summed E-state index contributed by atoms with van der Waals surface area (Å²) < 4.78 is 1.04. The third-order valence-corrected chi connectivity index (χ3v) is 6.28. The Balaban J connectivity index is 2.17. The zero-order valence-electron chi connectivity index (χ0n) is 13.7. The highest BCUT2D eigenvalue weighted by atomic mass is 16.3. The summed E-state index contributed by atoms with van der Waals surface area (Å²) in [4.78, 5) is 0. The van der Waals surface area contributed by atoms with E-state index >= 15 is 0 Å². The van der Waals surface area contributed by atoms with Crippen LogP contribution in [-0.2, 0) is 0 Å². The highest BCUT2D eigenvalue weighted by molar-refractivity contribution is 4.92. The summed E-state index contributed by atoms with van der Waals surface area (Å²) in [6, 6.07) is 1.18. The quantitative estimate of drug-likeness (QED) is 0.776. The van der Waals surface area contributed by atoms with Gasteiger partial charge in [-0.05, 0) is 57.3 Å². The van der Waals surface area contributed by atoms with Crippen molar-refractivity contribution in [1.29, 1.82) is 0 Å². The average molecular weight is 268 g/mol. The van der Waals surface area contributed by atoms with Gasteiger partial charge in [-0.2, -0.15) is 0 Å². The summed E-state index contributed by atoms with van der Waals surface area (Å²) in [5, 5.41) is 10.9. The van der Waals surface area contributed by atoms with E-state index in [0.717, 1.165) is 28.8 Å². The SMILES string of the molecule is CC(C)C1CCC(C)(O)C([N+](C)(C)C2CCCC2)C1. The second-order valence-electron chi connectivity index (χ2n) is 8.22. The lowest BCUT2D eigenvalue weighted by Crippen LogP contribution is -2.65. The van der Waals surface area contributed by atoms with Crippen LogP contribution >= 0.6 is 0 Å². The molecule has 2 aliphatic carbocycles. The van der Waals surface area contributed by atoms with E-state index in [1.807, 2.05) is 0 Å². The Hall–Kier alpha value is -0.0800. The summed E-state index contributed by atoms with van der Waals surface area (Å²) in [5.74, 6) is 1.55. The van der Waals surface area contributed by atoms with Crippen LogP contribution in [0.1, 0.15) is 65.7 Å². The van der Waals surface area contributed by atoms with Gasteiger partial charge in [-0.15, -0.1) is 0 Å². The minimum absolute atomic E-state index is 0.414. The van der Waals surface area contributed by atoms with Crippen molar-refractivity contribution in [2.75, 3.05) is 14.1 Å². The lowest BCUT2D eigenvalue weighted by molar-refractivity contribution is -0.946. The van der Waals surface area contributed by atoms with Crippen LogP contribution in [-0.4, -0.2) is 41.4 Å². The first-order valence-electron chi connectivity index (χ1n) is 8.31. The standard InChI is InChI=1S/C17H34NO/c1-13(2)14-10-11-17(3,19)16(12-14)18(4,5)15-8-6-7-9-15/h13-16,19H,6-12H2,1-5H3/q+1. The van der Waals surface area contributed by atoms with Gasteiger partial charge >= 0.3 is 0 Å². The summed E-state index contributed by atoms with van der Waals surface area (Å²) in [6.07, 6.45) is 8.86. The highest BCUT2D eigenvalue weighted by Gasteiger charge is 2.50. The molecule has 112 valence electrons. The third kappa shape index (κ3) is 3.00. The zero-order valence-corrected chi connectivity index (χ0v) is 13.7. The number of likely N-dealkylation sites (N-methyl/N-ethyl adjacent to an activating group) is 1. The second-order valence-corrected chi connectivity index (χ2v) is 8.22. The molecule has 1 N–H and O–H groups in total. The van der Waals surface area contributed by atoms with Gasteiger partial charge in [0.25, 0.3) is 0 Å². The topological polar surface area (TPSA) is 20.2 Å². The minimum atomic E-state index is -0.475. The molecular formula is C17H34NO+. The molecule has 2 aliphatic rings. The predicted molar refractivity (Wildman–Crippen MR) is 81.0 cm³/mol. The molecule has 2 nitrogen and oxygen atoms in total. The molecule has 0 aromatic carbocycles. The number of hydrogen-bond donors (Lipinski definition) is 1. The molecule has 2 heteroatoms. The lowest BCUT2D eigenvalue weighted by Gasteiger charge is -2.52. The van der Waals surface area contributed by atoms with Crippen molar-refractivity contribution >= 4 is 0 Å². The van der Waals surface area contributed by atoms with E-state index in [1.54, 1.807) is 0 Å². The molecule has 2 fully saturated rings. The maximum absolute atomic E-state index is 10.9. The van der Waals surface area contributed by atoms with Crippen LogP contribution in [0.5, 0.6) is 0 Å². The summed E-state index contributed by atoms with van der Waals surface area (Å²) in [7, 11) is 4.75. The Bertz CT molecular complexity index is 302. The third-order valence-electron chi connectivity index (χ3n) is 6.28. The van der Waals surface area contributed by atoms with Crippen LogP contribution in [0.25, 0.3) is 0 Å². The van der Waals surface area contributed by atoms with E-state index in [4.69, 9.17) is 0 Å². The first-order chi connectivity index (χ1) is 8.75. The van der Waals surface area contributed by atoms with Crippen LogP contribution in [0, 0.1) is 11.8 Å². The molecule has 0 spiro atoms. The smallest absolute Gasteiger partial charge is 0.118 e. The zero-order chi connectivity index (χ0) is 14.3. The van der Waals surface area contributed by atoms with Gasteiger partial charge < -0.3 is 9.59 Å². The molecule has 0 heterocycles. The monoisotopic (exact) mass is 268 g/mol. The number of hydrogen-bond acceptors (Lipinski definition) is 1. The lowest BCUT2D eigenvalue weighted by atomic mass is 9.70. The van der Waals surface area contributed by atoms with E-state index in [2.05, 4.69) is 34.9 Å². The molecule has 0 aromatic rings. The molecule has 19 heavy (non-hydrogen) atoms. The van der Waals surface area contributed by atoms with Crippen LogP contribution in [0.15, 0.2) is 0 Å². The summed E-state index contributed by atoms with van der Waals surface area (Å²) in [5.41, 5.74) is -0.475. The first-order valence-corrected chi connectivity index (χ1v) is 8.31. The fourth-order valence-corrected chi connectivity index (χ4v) is 4.72. The van der Waals surface area contributed by atoms with Crippen LogP contribution in [0.4, 0.5) is 0 Å². The van der Waals surface area contributed by atoms with Gasteiger partial charge in [-0.3, -0.25) is 0 Å². The van der Waals surface area contributed by atoms with Gasteiger partial charge in [0.1, 0.15) is 11.6 Å². The average Bonchev–Trinajstić information content (AvgIpc) is 2.81. The van der Waals surface area contributed by atoms with Gasteiger partial charge in [0.05, 0.1) is 20.1 Å². The van der Waals surface area contributed by atoms with Crippen molar-refractivity contribution in [3.8, 4) is 0 Å². The number of aliphatic hydroxyl groups is 1. The minimum Gasteiger partial charge on any atom is -0.384 e. The normalized spacial score (nSPS) is 38.1. The van der Waals surface area contributed by atoms with Crippen molar-refractivity contribution < 1.29 is 9.59 Å². The highest BCUT2D eigenvalue weighted by Crippen LogP contribution is 2.43. The number of nitrogens with zero attached hydrogens (tertiary/aromatic N) is 1. The Morgan fingerprint density at radius 2 is 1.68 bits per heavy atom. The van der Waals surface area contributed by atoms with E-state index in [-0.39, 0.29) is 0 Å². The van der Waals surface area contributed by atoms with Crippen molar-refractivity contribution in [3.05, 3.63) is 0 Å². The van der Waals surface area contributed by atoms with Gasteiger partial charge in [-0.1, -0.05) is 13.8 Å². The first kappa shape index (κ1) is 15.3. The largest absolute Gasteiger partial charge is 0.384 e. The maximum Gasteiger partial charge on any atom is 0.118 e. The second kappa shape index (κ2) is 5.37. The van der Waals surface area contributed by atoms with Crippen LogP contribution in [0.2, 0.25) is 0 Å². The van der Waals surface area contributed by atoms with Crippen molar-refractivity contribution in [3.63, 3.8) is 0 Å². The van der Waals surface area contributed by atoms with E-state index < -0.39 is 5.60 Å². The molecule has 3 atom stereocenters. The molecule has 0 bridgehead atoms. The van der Waals surface area contributed by atoms with Crippen LogP contribution in [0.3, 0.4) is 0 Å². The van der Waals surface area contributed by atoms with Crippen molar-refractivity contribution in [2.45, 2.75) is 83.4 Å². The van der Waals surface area contributed by atoms with Crippen molar-refractivity contribution in [1.82, 2.24) is 0 Å². The molecule has 2 saturated carbocycles. The Morgan fingerprint density at radius 3 is 2.21 bits per heavy atom. The van der Waals surface area contributed by atoms with E-state index in [9.17, 15) is 5.11 Å².